The van der Waals surface area contributed by atoms with Gasteiger partial charge in [-0.05, 0) is 62.3 Å². The number of nitrogens with one attached hydrogen (secondary N) is 1. The van der Waals surface area contributed by atoms with Crippen LogP contribution in [0.15, 0.2) is 18.5 Å². The fourth-order valence-corrected chi connectivity index (χ4v) is 7.72. The van der Waals surface area contributed by atoms with Crippen molar-refractivity contribution in [3.05, 3.63) is 35.4 Å². The minimum Gasteiger partial charge on any atom is -0.461 e. The van der Waals surface area contributed by atoms with E-state index in [9.17, 15) is 13.9 Å². The molecule has 1 aromatic carbocycles. The normalized spacial score (nSPS) is 27.4. The molecule has 13 heteroatoms. The number of fused-ring (bicyclic) bond motifs is 3. The number of pyridine rings is 1. The van der Waals surface area contributed by atoms with Crippen LogP contribution in [0.5, 0.6) is 6.01 Å². The molecule has 3 aromatic heterocycles. The van der Waals surface area contributed by atoms with Gasteiger partial charge in [0, 0.05) is 36.7 Å². The Bertz CT molecular complexity index is 1780. The lowest BCUT2D eigenvalue weighted by molar-refractivity contribution is -0.0409. The molecule has 2 N–H and O–H groups in total. The molecule has 0 unspecified atom stereocenters. The molecule has 45 heavy (non-hydrogen) atoms. The Labute approximate surface area is 257 Å². The summed E-state index contributed by atoms with van der Waals surface area (Å²) in [6.07, 6.45) is 6.44. The highest BCUT2D eigenvalue weighted by atomic mass is 19.1. The van der Waals surface area contributed by atoms with E-state index in [4.69, 9.17) is 9.47 Å². The summed E-state index contributed by atoms with van der Waals surface area (Å²) in [5, 5.41) is 19.2. The number of benzene rings is 1. The fourth-order valence-electron chi connectivity index (χ4n) is 7.72. The Morgan fingerprint density at radius 2 is 2.07 bits per heavy atom. The summed E-state index contributed by atoms with van der Waals surface area (Å²) < 4.78 is 57.2. The van der Waals surface area contributed by atoms with Crippen LogP contribution in [0.25, 0.3) is 33.1 Å². The maximum atomic E-state index is 17.0. The molecular formula is C32H36F3N7O3. The first kappa shape index (κ1) is 28.9. The second kappa shape index (κ2) is 10.8. The average Bonchev–Trinajstić information content (AvgIpc) is 3.57. The SMILES string of the molecule is Cc1cc2[nH]ncc2c(-c2ncc3c(N4CCOC[C@](O)(CF)C4)nc(OC[C@@]45CCCN4C[C@H](F)C5)nc3c2F)c1C1CC1. The first-order chi connectivity index (χ1) is 21.8. The van der Waals surface area contributed by atoms with E-state index >= 15 is 4.39 Å². The Hall–Kier alpha value is -3.55. The highest BCUT2D eigenvalue weighted by Gasteiger charge is 2.49. The van der Waals surface area contributed by atoms with E-state index in [0.717, 1.165) is 54.3 Å². The number of rotatable bonds is 7. The maximum Gasteiger partial charge on any atom is 0.319 e. The molecule has 10 nitrogen and oxygen atoms in total. The summed E-state index contributed by atoms with van der Waals surface area (Å²) in [5.41, 5.74) is 1.51. The van der Waals surface area contributed by atoms with E-state index in [1.54, 1.807) is 17.3 Å². The number of aromatic nitrogens is 5. The third kappa shape index (κ3) is 4.90. The predicted molar refractivity (Wildman–Crippen MR) is 162 cm³/mol. The van der Waals surface area contributed by atoms with Crippen LogP contribution in [-0.4, -0.2) is 105 Å². The van der Waals surface area contributed by atoms with Crippen LogP contribution in [0.3, 0.4) is 0 Å². The fraction of sp³-hybridized carbons (Fsp3) is 0.562. The highest BCUT2D eigenvalue weighted by molar-refractivity contribution is 5.99. The molecule has 238 valence electrons. The number of nitrogens with zero attached hydrogens (tertiary/aromatic N) is 6. The Morgan fingerprint density at radius 1 is 1.20 bits per heavy atom. The number of β-amino-alcohol motifs (C(OH)–C–C–N with tert-alkyl or cyclic N) is 1. The zero-order chi connectivity index (χ0) is 30.9. The van der Waals surface area contributed by atoms with Gasteiger partial charge in [0.05, 0.1) is 42.4 Å². The van der Waals surface area contributed by atoms with Crippen LogP contribution in [0, 0.1) is 12.7 Å². The standard InChI is InChI=1S/C32H36F3N7O3/c1-18-9-23-21(12-37-40-23)25(24(18)19-3-4-19)28-26(35)27-22(11-36-28)29(41-7-8-44-17-32(43,14-33)15-41)39-30(38-27)45-16-31-5-2-6-42(31)13-20(34)10-31/h9,11-12,19-20,43H,2-8,10,13-17H2,1H3,(H,37,40)/t20-,31+,32+/m1/s1. The number of aliphatic hydroxyl groups is 1. The minimum atomic E-state index is -1.77. The van der Waals surface area contributed by atoms with Gasteiger partial charge in [0.25, 0.3) is 0 Å². The summed E-state index contributed by atoms with van der Waals surface area (Å²) in [6.45, 7) is 2.51. The molecule has 3 atom stereocenters. The van der Waals surface area contributed by atoms with Crippen molar-refractivity contribution >= 4 is 27.6 Å². The van der Waals surface area contributed by atoms with Crippen molar-refractivity contribution in [2.24, 2.45) is 0 Å². The average molecular weight is 624 g/mol. The van der Waals surface area contributed by atoms with Gasteiger partial charge in [-0.3, -0.25) is 15.0 Å². The Kier molecular flexibility index (Phi) is 6.92. The molecule has 1 aliphatic carbocycles. The molecule has 3 saturated heterocycles. The topological polar surface area (TPSA) is 113 Å². The predicted octanol–water partition coefficient (Wildman–Crippen LogP) is 4.39. The van der Waals surface area contributed by atoms with Crippen LogP contribution in [0.4, 0.5) is 19.0 Å². The van der Waals surface area contributed by atoms with E-state index in [-0.39, 0.29) is 55.9 Å². The van der Waals surface area contributed by atoms with E-state index in [1.807, 2.05) is 13.0 Å². The van der Waals surface area contributed by atoms with Crippen molar-refractivity contribution in [2.45, 2.75) is 62.3 Å². The molecule has 0 spiro atoms. The largest absolute Gasteiger partial charge is 0.461 e. The molecule has 4 aromatic rings. The van der Waals surface area contributed by atoms with Gasteiger partial charge in [-0.1, -0.05) is 0 Å². The highest BCUT2D eigenvalue weighted by Crippen LogP contribution is 2.49. The van der Waals surface area contributed by atoms with Gasteiger partial charge in [-0.2, -0.15) is 15.1 Å². The lowest BCUT2D eigenvalue weighted by Crippen LogP contribution is -2.46. The summed E-state index contributed by atoms with van der Waals surface area (Å²) in [6, 6.07) is 1.97. The molecule has 0 amide bonds. The van der Waals surface area contributed by atoms with Crippen molar-refractivity contribution in [1.29, 1.82) is 0 Å². The number of halogens is 3. The molecule has 1 saturated carbocycles. The van der Waals surface area contributed by atoms with Crippen molar-refractivity contribution in [3.8, 4) is 17.3 Å². The number of aromatic amines is 1. The van der Waals surface area contributed by atoms with E-state index < -0.39 is 29.8 Å². The number of ether oxygens (including phenoxy) is 2. The van der Waals surface area contributed by atoms with Crippen LogP contribution >= 0.6 is 0 Å². The Balaban J connectivity index is 1.28. The molecular weight excluding hydrogens is 587 g/mol. The van der Waals surface area contributed by atoms with Crippen molar-refractivity contribution in [2.75, 3.05) is 57.6 Å². The smallest absolute Gasteiger partial charge is 0.319 e. The summed E-state index contributed by atoms with van der Waals surface area (Å²) in [4.78, 5) is 17.7. The molecule has 6 heterocycles. The van der Waals surface area contributed by atoms with E-state index in [2.05, 4.69) is 30.0 Å². The summed E-state index contributed by atoms with van der Waals surface area (Å²) >= 11 is 0. The van der Waals surface area contributed by atoms with Gasteiger partial charge in [0.15, 0.2) is 5.82 Å². The summed E-state index contributed by atoms with van der Waals surface area (Å²) in [7, 11) is 0. The van der Waals surface area contributed by atoms with E-state index in [1.165, 1.54) is 0 Å². The molecule has 4 fully saturated rings. The molecule has 4 aliphatic rings. The molecule has 8 rings (SSSR count). The lowest BCUT2D eigenvalue weighted by atomic mass is 9.92. The number of H-pyrrole nitrogens is 1. The number of hydrogen-bond acceptors (Lipinski definition) is 9. The molecule has 3 aliphatic heterocycles. The quantitative estimate of drug-likeness (QED) is 0.310. The van der Waals surface area contributed by atoms with Crippen molar-refractivity contribution in [3.63, 3.8) is 0 Å². The zero-order valence-electron chi connectivity index (χ0n) is 25.2. The third-order valence-corrected chi connectivity index (χ3v) is 10.00. The number of anilines is 1. The van der Waals surface area contributed by atoms with Gasteiger partial charge >= 0.3 is 6.01 Å². The van der Waals surface area contributed by atoms with E-state index in [0.29, 0.717) is 29.8 Å². The van der Waals surface area contributed by atoms with Gasteiger partial charge in [0.2, 0.25) is 0 Å². The first-order valence-corrected chi connectivity index (χ1v) is 15.7. The maximum absolute atomic E-state index is 17.0. The van der Waals surface area contributed by atoms with Gasteiger partial charge in [-0.15, -0.1) is 0 Å². The second-order valence-corrected chi connectivity index (χ2v) is 13.3. The van der Waals surface area contributed by atoms with Gasteiger partial charge < -0.3 is 19.5 Å². The van der Waals surface area contributed by atoms with Crippen LogP contribution < -0.4 is 9.64 Å². The summed E-state index contributed by atoms with van der Waals surface area (Å²) in [5.74, 6) is -0.0555. The monoisotopic (exact) mass is 623 g/mol. The number of alkyl halides is 2. The number of aryl methyl sites for hydroxylation is 1. The molecule has 0 radical (unpaired) electrons. The zero-order valence-corrected chi connectivity index (χ0v) is 25.2. The molecule has 0 bridgehead atoms. The number of hydrogen-bond donors (Lipinski definition) is 2. The van der Waals surface area contributed by atoms with Crippen molar-refractivity contribution in [1.82, 2.24) is 30.0 Å². The van der Waals surface area contributed by atoms with Gasteiger partial charge in [0.1, 0.15) is 42.1 Å². The minimum absolute atomic E-state index is 0.00409. The second-order valence-electron chi connectivity index (χ2n) is 13.3. The van der Waals surface area contributed by atoms with Crippen LogP contribution in [-0.2, 0) is 4.74 Å². The lowest BCUT2D eigenvalue weighted by Gasteiger charge is -2.31. The Morgan fingerprint density at radius 3 is 2.89 bits per heavy atom. The van der Waals surface area contributed by atoms with Crippen molar-refractivity contribution < 1.29 is 27.8 Å². The van der Waals surface area contributed by atoms with Crippen LogP contribution in [0.2, 0.25) is 0 Å². The third-order valence-electron chi connectivity index (χ3n) is 10.00. The van der Waals surface area contributed by atoms with Crippen LogP contribution in [0.1, 0.15) is 49.1 Å². The van der Waals surface area contributed by atoms with Gasteiger partial charge in [-0.25, -0.2) is 13.2 Å². The first-order valence-electron chi connectivity index (χ1n) is 15.7.